The first-order valence-electron chi connectivity index (χ1n) is 6.69. The van der Waals surface area contributed by atoms with Gasteiger partial charge >= 0.3 is 0 Å². The number of rotatable bonds is 3. The molecule has 0 amide bonds. The largest absolute Gasteiger partial charge is 0.325 e. The van der Waals surface area contributed by atoms with Gasteiger partial charge in [-0.15, -0.1) is 0 Å². The van der Waals surface area contributed by atoms with Crippen molar-refractivity contribution in [3.63, 3.8) is 0 Å². The number of nitrogens with two attached hydrogens (primary N) is 1. The van der Waals surface area contributed by atoms with Crippen molar-refractivity contribution in [3.8, 4) is 0 Å². The smallest absolute Gasteiger partial charge is 0.0187 e. The summed E-state index contributed by atoms with van der Waals surface area (Å²) < 4.78 is 0. The maximum absolute atomic E-state index is 6.68. The Balaban J connectivity index is 2.72. The lowest BCUT2D eigenvalue weighted by Crippen LogP contribution is -2.53. The molecule has 2 atom stereocenters. The summed E-state index contributed by atoms with van der Waals surface area (Å²) in [5.41, 5.74) is 7.18. The molecule has 2 unspecified atom stereocenters. The lowest BCUT2D eigenvalue weighted by molar-refractivity contribution is 0.0714. The van der Waals surface area contributed by atoms with E-state index in [1.54, 1.807) is 0 Å². The lowest BCUT2D eigenvalue weighted by Gasteiger charge is -2.48. The molecule has 1 aliphatic carbocycles. The van der Waals surface area contributed by atoms with Crippen molar-refractivity contribution in [2.45, 2.75) is 78.2 Å². The first-order chi connectivity index (χ1) is 6.90. The van der Waals surface area contributed by atoms with E-state index in [0.717, 1.165) is 0 Å². The molecule has 90 valence electrons. The molecule has 0 radical (unpaired) electrons. The fraction of sp³-hybridized carbons (Fsp3) is 1.00. The standard InChI is InChI=1S/C14H29N/c1-5-6-10-14(15)11-8-7-9-12(14)13(2,3)4/h12H,5-11,15H2,1-4H3. The molecule has 1 saturated carbocycles. The first-order valence-corrected chi connectivity index (χ1v) is 6.69. The second-order valence-electron chi connectivity index (χ2n) is 6.50. The SMILES string of the molecule is CCCCC1(N)CCCCC1C(C)(C)C. The minimum atomic E-state index is 0.131. The van der Waals surface area contributed by atoms with E-state index in [2.05, 4.69) is 27.7 Å². The summed E-state index contributed by atoms with van der Waals surface area (Å²) in [4.78, 5) is 0. The second kappa shape index (κ2) is 4.86. The van der Waals surface area contributed by atoms with Crippen LogP contribution in [-0.2, 0) is 0 Å². The molecular formula is C14H29N. The lowest BCUT2D eigenvalue weighted by atomic mass is 9.61. The molecule has 2 N–H and O–H groups in total. The van der Waals surface area contributed by atoms with Gasteiger partial charge in [0.1, 0.15) is 0 Å². The predicted octanol–water partition coefficient (Wildman–Crippen LogP) is 4.11. The molecule has 1 rings (SSSR count). The highest BCUT2D eigenvalue weighted by Gasteiger charge is 2.42. The van der Waals surface area contributed by atoms with Gasteiger partial charge < -0.3 is 5.73 Å². The van der Waals surface area contributed by atoms with Gasteiger partial charge in [-0.1, -0.05) is 53.4 Å². The van der Waals surface area contributed by atoms with Crippen LogP contribution in [0, 0.1) is 11.3 Å². The van der Waals surface area contributed by atoms with E-state index in [0.29, 0.717) is 11.3 Å². The molecule has 0 aromatic heterocycles. The van der Waals surface area contributed by atoms with Crippen LogP contribution in [0.2, 0.25) is 0 Å². The summed E-state index contributed by atoms with van der Waals surface area (Å²) in [5.74, 6) is 0.713. The average molecular weight is 211 g/mol. The van der Waals surface area contributed by atoms with Gasteiger partial charge in [0.25, 0.3) is 0 Å². The van der Waals surface area contributed by atoms with Crippen molar-refractivity contribution in [1.82, 2.24) is 0 Å². The summed E-state index contributed by atoms with van der Waals surface area (Å²) >= 11 is 0. The molecule has 1 nitrogen and oxygen atoms in total. The third-order valence-electron chi connectivity index (χ3n) is 4.12. The van der Waals surface area contributed by atoms with Crippen LogP contribution in [0.1, 0.15) is 72.6 Å². The third kappa shape index (κ3) is 3.21. The van der Waals surface area contributed by atoms with Crippen LogP contribution in [0.15, 0.2) is 0 Å². The highest BCUT2D eigenvalue weighted by atomic mass is 14.8. The minimum Gasteiger partial charge on any atom is -0.325 e. The molecule has 15 heavy (non-hydrogen) atoms. The molecule has 1 heteroatoms. The normalized spacial score (nSPS) is 33.0. The van der Waals surface area contributed by atoms with Crippen LogP contribution >= 0.6 is 0 Å². The predicted molar refractivity (Wildman–Crippen MR) is 67.9 cm³/mol. The molecule has 1 aliphatic rings. The van der Waals surface area contributed by atoms with Crippen LogP contribution in [0.3, 0.4) is 0 Å². The van der Waals surface area contributed by atoms with E-state index < -0.39 is 0 Å². The number of unbranched alkanes of at least 4 members (excludes halogenated alkanes) is 1. The Morgan fingerprint density at radius 2 is 1.93 bits per heavy atom. The van der Waals surface area contributed by atoms with Crippen molar-refractivity contribution in [2.24, 2.45) is 17.1 Å². The molecule has 0 aliphatic heterocycles. The van der Waals surface area contributed by atoms with E-state index in [9.17, 15) is 0 Å². The van der Waals surface area contributed by atoms with E-state index in [-0.39, 0.29) is 5.54 Å². The Morgan fingerprint density at radius 3 is 2.47 bits per heavy atom. The summed E-state index contributed by atoms with van der Waals surface area (Å²) in [7, 11) is 0. The van der Waals surface area contributed by atoms with Gasteiger partial charge in [0.15, 0.2) is 0 Å². The monoisotopic (exact) mass is 211 g/mol. The molecular weight excluding hydrogens is 182 g/mol. The van der Waals surface area contributed by atoms with Crippen molar-refractivity contribution in [1.29, 1.82) is 0 Å². The van der Waals surface area contributed by atoms with E-state index in [1.807, 2.05) is 0 Å². The molecule has 0 spiro atoms. The number of hydrogen-bond donors (Lipinski definition) is 1. The Labute approximate surface area is 95.8 Å². The Bertz CT molecular complexity index is 192. The van der Waals surface area contributed by atoms with Crippen molar-refractivity contribution in [2.75, 3.05) is 0 Å². The van der Waals surface area contributed by atoms with Crippen LogP contribution in [0.4, 0.5) is 0 Å². The third-order valence-corrected chi connectivity index (χ3v) is 4.12. The summed E-state index contributed by atoms with van der Waals surface area (Å²) in [5, 5.41) is 0. The fourth-order valence-electron chi connectivity index (χ4n) is 3.36. The summed E-state index contributed by atoms with van der Waals surface area (Å²) in [6.45, 7) is 9.34. The Morgan fingerprint density at radius 1 is 1.27 bits per heavy atom. The van der Waals surface area contributed by atoms with Gasteiger partial charge in [0.05, 0.1) is 0 Å². The number of hydrogen-bond acceptors (Lipinski definition) is 1. The van der Waals surface area contributed by atoms with Gasteiger partial charge in [0.2, 0.25) is 0 Å². The van der Waals surface area contributed by atoms with Gasteiger partial charge in [-0.05, 0) is 30.6 Å². The molecule has 0 saturated heterocycles. The molecule has 0 heterocycles. The van der Waals surface area contributed by atoms with Crippen LogP contribution in [0.5, 0.6) is 0 Å². The van der Waals surface area contributed by atoms with Crippen molar-refractivity contribution >= 4 is 0 Å². The van der Waals surface area contributed by atoms with Crippen LogP contribution in [-0.4, -0.2) is 5.54 Å². The van der Waals surface area contributed by atoms with Crippen LogP contribution < -0.4 is 5.73 Å². The second-order valence-corrected chi connectivity index (χ2v) is 6.50. The van der Waals surface area contributed by atoms with Gasteiger partial charge in [-0.3, -0.25) is 0 Å². The molecule has 1 fully saturated rings. The van der Waals surface area contributed by atoms with Crippen LogP contribution in [0.25, 0.3) is 0 Å². The van der Waals surface area contributed by atoms with E-state index in [1.165, 1.54) is 44.9 Å². The minimum absolute atomic E-state index is 0.131. The molecule has 0 bridgehead atoms. The summed E-state index contributed by atoms with van der Waals surface area (Å²) in [6.07, 6.45) is 9.10. The topological polar surface area (TPSA) is 26.0 Å². The van der Waals surface area contributed by atoms with Gasteiger partial charge in [0, 0.05) is 5.54 Å². The van der Waals surface area contributed by atoms with Gasteiger partial charge in [-0.2, -0.15) is 0 Å². The highest BCUT2D eigenvalue weighted by molar-refractivity contribution is 4.98. The molecule has 0 aromatic rings. The highest BCUT2D eigenvalue weighted by Crippen LogP contribution is 2.45. The Kier molecular flexibility index (Phi) is 4.22. The first kappa shape index (κ1) is 13.0. The van der Waals surface area contributed by atoms with Crippen molar-refractivity contribution < 1.29 is 0 Å². The quantitative estimate of drug-likeness (QED) is 0.747. The molecule has 0 aromatic carbocycles. The van der Waals surface area contributed by atoms with Crippen molar-refractivity contribution in [3.05, 3.63) is 0 Å². The zero-order valence-corrected chi connectivity index (χ0v) is 11.1. The summed E-state index contributed by atoms with van der Waals surface area (Å²) in [6, 6.07) is 0. The van der Waals surface area contributed by atoms with Gasteiger partial charge in [-0.25, -0.2) is 0 Å². The fourth-order valence-corrected chi connectivity index (χ4v) is 3.36. The maximum Gasteiger partial charge on any atom is 0.0187 e. The van der Waals surface area contributed by atoms with E-state index >= 15 is 0 Å². The average Bonchev–Trinajstić information content (AvgIpc) is 2.14. The maximum atomic E-state index is 6.68. The van der Waals surface area contributed by atoms with E-state index in [4.69, 9.17) is 5.73 Å². The Hall–Kier alpha value is -0.0400. The zero-order chi connectivity index (χ0) is 11.5. The zero-order valence-electron chi connectivity index (χ0n) is 11.1.